The molecule has 0 saturated carbocycles. The van der Waals surface area contributed by atoms with Crippen LogP contribution in [0.5, 0.6) is 0 Å². The summed E-state index contributed by atoms with van der Waals surface area (Å²) in [4.78, 5) is 34.2. The number of carboxylic acids is 1. The van der Waals surface area contributed by atoms with Crippen LogP contribution in [0.1, 0.15) is 26.2 Å². The number of rotatable bonds is 5. The van der Waals surface area contributed by atoms with Crippen LogP contribution in [-0.2, 0) is 14.4 Å². The van der Waals surface area contributed by atoms with Crippen molar-refractivity contribution in [1.82, 2.24) is 4.90 Å². The van der Waals surface area contributed by atoms with Gasteiger partial charge in [0.25, 0.3) is 11.8 Å². The first-order valence-corrected chi connectivity index (χ1v) is 4.86. The molecule has 0 aromatic heterocycles. The van der Waals surface area contributed by atoms with Crippen molar-refractivity contribution in [3.8, 4) is 0 Å². The number of amides is 2. The van der Waals surface area contributed by atoms with Crippen molar-refractivity contribution < 1.29 is 19.5 Å². The molecule has 0 fully saturated rings. The number of halogens is 1. The van der Waals surface area contributed by atoms with Crippen LogP contribution in [0.4, 0.5) is 0 Å². The molecular weight excluding hydrogens is 234 g/mol. The molecule has 1 aliphatic rings. The van der Waals surface area contributed by atoms with Gasteiger partial charge in [-0.15, -0.1) is 12.4 Å². The molecule has 1 rings (SSSR count). The van der Waals surface area contributed by atoms with Crippen molar-refractivity contribution in [2.45, 2.75) is 32.2 Å². The summed E-state index contributed by atoms with van der Waals surface area (Å²) < 4.78 is 0. The molecule has 0 aromatic rings. The largest absolute Gasteiger partial charge is 0.480 e. The normalized spacial score (nSPS) is 16.2. The molecule has 1 atom stereocenters. The number of carbonyl (C=O) groups excluding carboxylic acids is 2. The Morgan fingerprint density at radius 3 is 2.25 bits per heavy atom. The van der Waals surface area contributed by atoms with E-state index in [1.54, 1.807) is 0 Å². The molecule has 6 heteroatoms. The quantitative estimate of drug-likeness (QED) is 0.735. The number of carbonyl (C=O) groups is 3. The number of nitrogens with zero attached hydrogens (tertiary/aromatic N) is 1. The van der Waals surface area contributed by atoms with Crippen LogP contribution < -0.4 is 0 Å². The first kappa shape index (κ1) is 14.6. The summed E-state index contributed by atoms with van der Waals surface area (Å²) in [6.45, 7) is 1.92. The van der Waals surface area contributed by atoms with Gasteiger partial charge < -0.3 is 5.11 Å². The van der Waals surface area contributed by atoms with E-state index in [1.165, 1.54) is 0 Å². The number of hydrogen-bond donors (Lipinski definition) is 1. The van der Waals surface area contributed by atoms with Gasteiger partial charge in [0, 0.05) is 12.2 Å². The fraction of sp³-hybridized carbons (Fsp3) is 0.500. The second-order valence-corrected chi connectivity index (χ2v) is 3.38. The van der Waals surface area contributed by atoms with Crippen LogP contribution in [-0.4, -0.2) is 33.8 Å². The minimum absolute atomic E-state index is 0. The lowest BCUT2D eigenvalue weighted by Crippen LogP contribution is -2.44. The molecule has 90 valence electrons. The second-order valence-electron chi connectivity index (χ2n) is 3.38. The van der Waals surface area contributed by atoms with Crippen molar-refractivity contribution in [3.05, 3.63) is 12.2 Å². The molecule has 0 spiro atoms. The third-order valence-electron chi connectivity index (χ3n) is 2.27. The van der Waals surface area contributed by atoms with E-state index in [4.69, 9.17) is 5.11 Å². The molecule has 1 N–H and O–H groups in total. The van der Waals surface area contributed by atoms with E-state index in [9.17, 15) is 14.4 Å². The Kier molecular flexibility index (Phi) is 5.74. The molecule has 1 aliphatic heterocycles. The molecule has 0 bridgehead atoms. The number of hydrogen-bond acceptors (Lipinski definition) is 3. The van der Waals surface area contributed by atoms with Crippen LogP contribution in [0.2, 0.25) is 0 Å². The van der Waals surface area contributed by atoms with Gasteiger partial charge in [0.1, 0.15) is 6.04 Å². The minimum atomic E-state index is -1.13. The van der Waals surface area contributed by atoms with Gasteiger partial charge in [-0.3, -0.25) is 14.5 Å². The Hall–Kier alpha value is -1.36. The fourth-order valence-corrected chi connectivity index (χ4v) is 1.48. The molecule has 0 radical (unpaired) electrons. The van der Waals surface area contributed by atoms with Crippen LogP contribution in [0.15, 0.2) is 12.2 Å². The smallest absolute Gasteiger partial charge is 0.326 e. The summed E-state index contributed by atoms with van der Waals surface area (Å²) in [5.41, 5.74) is 0. The van der Waals surface area contributed by atoms with Crippen LogP contribution in [0.3, 0.4) is 0 Å². The molecule has 1 unspecified atom stereocenters. The first-order chi connectivity index (χ1) is 7.07. The van der Waals surface area contributed by atoms with E-state index < -0.39 is 23.8 Å². The van der Waals surface area contributed by atoms with E-state index in [1.807, 2.05) is 6.92 Å². The molecule has 5 nitrogen and oxygen atoms in total. The van der Waals surface area contributed by atoms with Gasteiger partial charge >= 0.3 is 5.97 Å². The summed E-state index contributed by atoms with van der Waals surface area (Å²) in [6.07, 6.45) is 4.01. The maximum Gasteiger partial charge on any atom is 0.326 e. The van der Waals surface area contributed by atoms with Crippen LogP contribution in [0.25, 0.3) is 0 Å². The van der Waals surface area contributed by atoms with Crippen molar-refractivity contribution in [1.29, 1.82) is 0 Å². The molecule has 16 heavy (non-hydrogen) atoms. The Bertz CT molecular complexity index is 309. The summed E-state index contributed by atoms with van der Waals surface area (Å²) in [7, 11) is 0. The summed E-state index contributed by atoms with van der Waals surface area (Å²) in [5, 5.41) is 8.92. The highest BCUT2D eigenvalue weighted by Gasteiger charge is 2.35. The second kappa shape index (κ2) is 6.27. The third-order valence-corrected chi connectivity index (χ3v) is 2.27. The number of aliphatic carboxylic acids is 1. The standard InChI is InChI=1S/C10H13NO4.ClH/c1-2-3-4-7(10(14)15)11-8(12)5-6-9(11)13;/h5-7H,2-4H2,1H3,(H,14,15);1H. The number of imide groups is 1. The summed E-state index contributed by atoms with van der Waals surface area (Å²) >= 11 is 0. The maximum atomic E-state index is 11.2. The zero-order valence-corrected chi connectivity index (χ0v) is 9.70. The maximum absolute atomic E-state index is 11.2. The molecule has 0 aliphatic carbocycles. The fourth-order valence-electron chi connectivity index (χ4n) is 1.48. The lowest BCUT2D eigenvalue weighted by Gasteiger charge is -2.21. The average Bonchev–Trinajstić information content (AvgIpc) is 2.49. The molecule has 2 amide bonds. The highest BCUT2D eigenvalue weighted by molar-refractivity contribution is 6.14. The highest BCUT2D eigenvalue weighted by Crippen LogP contribution is 2.14. The Balaban J connectivity index is 0.00000225. The van der Waals surface area contributed by atoms with Crippen LogP contribution >= 0.6 is 12.4 Å². The molecule has 0 aromatic carbocycles. The zero-order valence-electron chi connectivity index (χ0n) is 8.88. The van der Waals surface area contributed by atoms with Gasteiger partial charge in [0.15, 0.2) is 0 Å². The lowest BCUT2D eigenvalue weighted by molar-refractivity contribution is -0.153. The van der Waals surface area contributed by atoms with E-state index in [0.717, 1.165) is 23.5 Å². The van der Waals surface area contributed by atoms with Gasteiger partial charge in [-0.05, 0) is 6.42 Å². The van der Waals surface area contributed by atoms with Gasteiger partial charge in [-0.1, -0.05) is 19.8 Å². The van der Waals surface area contributed by atoms with Gasteiger partial charge in [0.05, 0.1) is 0 Å². The van der Waals surface area contributed by atoms with E-state index >= 15 is 0 Å². The predicted octanol–water partition coefficient (Wildman–Crippen LogP) is 0.977. The van der Waals surface area contributed by atoms with Gasteiger partial charge in [-0.2, -0.15) is 0 Å². The molecule has 1 heterocycles. The summed E-state index contributed by atoms with van der Waals surface area (Å²) in [6, 6.07) is -1.03. The van der Waals surface area contributed by atoms with E-state index in [0.29, 0.717) is 12.8 Å². The van der Waals surface area contributed by atoms with Crippen molar-refractivity contribution in [2.75, 3.05) is 0 Å². The Morgan fingerprint density at radius 1 is 1.38 bits per heavy atom. The lowest BCUT2D eigenvalue weighted by atomic mass is 10.1. The monoisotopic (exact) mass is 247 g/mol. The average molecular weight is 248 g/mol. The predicted molar refractivity (Wildman–Crippen MR) is 59.2 cm³/mol. The Morgan fingerprint density at radius 2 is 1.88 bits per heavy atom. The van der Waals surface area contributed by atoms with Gasteiger partial charge in [-0.25, -0.2) is 4.79 Å². The van der Waals surface area contributed by atoms with Gasteiger partial charge in [0.2, 0.25) is 0 Å². The minimum Gasteiger partial charge on any atom is -0.480 e. The highest BCUT2D eigenvalue weighted by atomic mass is 35.5. The number of carboxylic acid groups (broad SMARTS) is 1. The first-order valence-electron chi connectivity index (χ1n) is 4.86. The van der Waals surface area contributed by atoms with E-state index in [2.05, 4.69) is 0 Å². The topological polar surface area (TPSA) is 74.7 Å². The molecule has 0 saturated heterocycles. The SMILES string of the molecule is CCCCC(C(=O)O)N1C(=O)C=CC1=O.Cl. The Labute approximate surface area is 99.5 Å². The molecular formula is C10H14ClNO4. The van der Waals surface area contributed by atoms with E-state index in [-0.39, 0.29) is 12.4 Å². The third kappa shape index (κ3) is 3.06. The summed E-state index contributed by atoms with van der Waals surface area (Å²) in [5.74, 6) is -2.21. The van der Waals surface area contributed by atoms with Crippen LogP contribution in [0, 0.1) is 0 Å². The van der Waals surface area contributed by atoms with Crippen molar-refractivity contribution in [2.24, 2.45) is 0 Å². The van der Waals surface area contributed by atoms with Crippen molar-refractivity contribution in [3.63, 3.8) is 0 Å². The number of unbranched alkanes of at least 4 members (excludes halogenated alkanes) is 1. The van der Waals surface area contributed by atoms with Crippen molar-refractivity contribution >= 4 is 30.2 Å². The zero-order chi connectivity index (χ0) is 11.4.